The number of aromatic nitrogens is 1. The molecule has 0 radical (unpaired) electrons. The largest absolute Gasteiger partial charge is 0.493 e. The molecule has 1 aromatic heterocycles. The molecule has 0 aliphatic rings. The van der Waals surface area contributed by atoms with Crippen molar-refractivity contribution in [3.63, 3.8) is 0 Å². The quantitative estimate of drug-likeness (QED) is 0.276. The summed E-state index contributed by atoms with van der Waals surface area (Å²) in [4.78, 5) is 17.2. The third kappa shape index (κ3) is 5.95. The van der Waals surface area contributed by atoms with Crippen LogP contribution in [-0.2, 0) is 11.2 Å². The maximum atomic E-state index is 12.6. The second-order valence-electron chi connectivity index (χ2n) is 7.74. The monoisotopic (exact) mass is 461 g/mol. The summed E-state index contributed by atoms with van der Waals surface area (Å²) in [6, 6.07) is 11.6. The lowest BCUT2D eigenvalue weighted by atomic mass is 10.00. The smallest absolute Gasteiger partial charge is 0.340 e. The van der Waals surface area contributed by atoms with Gasteiger partial charge in [0, 0.05) is 23.4 Å². The molecule has 0 N–H and O–H groups in total. The van der Waals surface area contributed by atoms with E-state index in [4.69, 9.17) is 18.9 Å². The molecule has 0 amide bonds. The van der Waals surface area contributed by atoms with Crippen molar-refractivity contribution in [2.24, 2.45) is 0 Å². The molecular weight excluding hydrogens is 430 g/mol. The number of benzene rings is 2. The molecule has 0 bridgehead atoms. The maximum absolute atomic E-state index is 12.6. The Morgan fingerprint density at radius 1 is 1.06 bits per heavy atom. The summed E-state index contributed by atoms with van der Waals surface area (Å²) in [5.74, 6) is 1.47. The molecule has 3 rings (SSSR count). The Labute approximate surface area is 200 Å². The maximum Gasteiger partial charge on any atom is 0.340 e. The van der Waals surface area contributed by atoms with E-state index < -0.39 is 5.97 Å². The number of carbonyl (C=O) groups is 1. The molecule has 0 saturated carbocycles. The van der Waals surface area contributed by atoms with E-state index in [-0.39, 0.29) is 6.61 Å². The van der Waals surface area contributed by atoms with Crippen molar-refractivity contribution in [3.05, 3.63) is 83.2 Å². The zero-order valence-corrected chi connectivity index (χ0v) is 20.4. The van der Waals surface area contributed by atoms with E-state index in [1.165, 1.54) is 0 Å². The van der Waals surface area contributed by atoms with E-state index in [2.05, 4.69) is 4.98 Å². The molecule has 0 spiro atoms. The van der Waals surface area contributed by atoms with Gasteiger partial charge in [0.2, 0.25) is 0 Å². The van der Waals surface area contributed by atoms with Crippen LogP contribution in [0.5, 0.6) is 17.2 Å². The number of ether oxygens (including phenoxy) is 4. The first-order chi connectivity index (χ1) is 16.5. The normalized spacial score (nSPS) is 11.6. The summed E-state index contributed by atoms with van der Waals surface area (Å²) in [6.45, 7) is 6.59. The number of rotatable bonds is 10. The van der Waals surface area contributed by atoms with Crippen LogP contribution >= 0.6 is 0 Å². The van der Waals surface area contributed by atoms with Gasteiger partial charge in [0.1, 0.15) is 12.4 Å². The predicted octanol–water partition coefficient (Wildman–Crippen LogP) is 5.92. The number of methoxy groups -OCH3 is 2. The van der Waals surface area contributed by atoms with Crippen LogP contribution in [0.3, 0.4) is 0 Å². The number of hydrogen-bond acceptors (Lipinski definition) is 6. The summed E-state index contributed by atoms with van der Waals surface area (Å²) >= 11 is 0. The molecule has 34 heavy (non-hydrogen) atoms. The van der Waals surface area contributed by atoms with Crippen LogP contribution in [0.1, 0.15) is 42.4 Å². The second-order valence-corrected chi connectivity index (χ2v) is 7.74. The van der Waals surface area contributed by atoms with Crippen molar-refractivity contribution < 1.29 is 23.7 Å². The van der Waals surface area contributed by atoms with Gasteiger partial charge in [0.15, 0.2) is 11.5 Å². The van der Waals surface area contributed by atoms with Gasteiger partial charge in [0.25, 0.3) is 0 Å². The second kappa shape index (κ2) is 11.9. The van der Waals surface area contributed by atoms with Crippen molar-refractivity contribution in [1.82, 2.24) is 4.98 Å². The molecule has 0 aliphatic heterocycles. The van der Waals surface area contributed by atoms with Gasteiger partial charge in [-0.05, 0) is 56.2 Å². The highest BCUT2D eigenvalue weighted by molar-refractivity contribution is 6.05. The Bertz CT molecular complexity index is 1210. The molecule has 2 aromatic carbocycles. The van der Waals surface area contributed by atoms with Crippen molar-refractivity contribution in [3.8, 4) is 17.2 Å². The molecule has 0 atom stereocenters. The van der Waals surface area contributed by atoms with Crippen LogP contribution in [-0.4, -0.2) is 38.4 Å². The van der Waals surface area contributed by atoms with Gasteiger partial charge in [-0.1, -0.05) is 30.4 Å². The fraction of sp³-hybridized carbons (Fsp3) is 0.286. The Morgan fingerprint density at radius 3 is 2.47 bits per heavy atom. The highest BCUT2D eigenvalue weighted by atomic mass is 16.5. The molecular formula is C28H31NO5. The summed E-state index contributed by atoms with van der Waals surface area (Å²) in [5.41, 5.74) is 3.37. The minimum atomic E-state index is -0.421. The van der Waals surface area contributed by atoms with E-state index in [0.717, 1.165) is 28.0 Å². The zero-order chi connectivity index (χ0) is 24.5. The number of carbonyl (C=O) groups excluding carboxylic acids is 1. The number of hydrogen-bond donors (Lipinski definition) is 0. The number of pyridine rings is 1. The third-order valence-electron chi connectivity index (χ3n) is 5.28. The Morgan fingerprint density at radius 2 is 1.79 bits per heavy atom. The average molecular weight is 462 g/mol. The molecule has 6 nitrogen and oxygen atoms in total. The van der Waals surface area contributed by atoms with E-state index in [1.807, 2.05) is 62.4 Å². The summed E-state index contributed by atoms with van der Waals surface area (Å²) in [5, 5.41) is 1.51. The molecule has 1 heterocycles. The first-order valence-electron chi connectivity index (χ1n) is 11.2. The minimum absolute atomic E-state index is 0.283. The average Bonchev–Trinajstić information content (AvgIpc) is 2.85. The lowest BCUT2D eigenvalue weighted by molar-refractivity contribution is 0.0528. The van der Waals surface area contributed by atoms with Crippen molar-refractivity contribution in [1.29, 1.82) is 0 Å². The Hall–Kier alpha value is -3.80. The summed E-state index contributed by atoms with van der Waals surface area (Å²) < 4.78 is 22.1. The molecule has 0 unspecified atom stereocenters. The van der Waals surface area contributed by atoms with Crippen LogP contribution in [0, 0.1) is 0 Å². The summed E-state index contributed by atoms with van der Waals surface area (Å²) in [7, 11) is 3.15. The number of esters is 1. The van der Waals surface area contributed by atoms with Crippen LogP contribution in [0.15, 0.2) is 66.4 Å². The van der Waals surface area contributed by atoms with Crippen molar-refractivity contribution in [2.75, 3.05) is 27.4 Å². The highest BCUT2D eigenvalue weighted by Gasteiger charge is 2.18. The van der Waals surface area contributed by atoms with Crippen LogP contribution in [0.2, 0.25) is 0 Å². The van der Waals surface area contributed by atoms with E-state index in [9.17, 15) is 4.79 Å². The number of allylic oxidation sites excluding steroid dienone is 3. The van der Waals surface area contributed by atoms with Crippen LogP contribution < -0.4 is 14.2 Å². The summed E-state index contributed by atoms with van der Waals surface area (Å²) in [6.07, 6.45) is 8.14. The standard InChI is InChI=1S/C28H31NO5/c1-6-8-10-19(3)18-34-21-12-9-11-20(13-21)14-25-23-16-27(32-5)26(31-4)15-22(23)24(17-29-25)28(30)33-7-2/h6,8-13,15-17H,7,14,18H2,1-5H3/b8-6-,19-10+. The number of nitrogens with zero attached hydrogens (tertiary/aromatic N) is 1. The first-order valence-corrected chi connectivity index (χ1v) is 11.2. The third-order valence-corrected chi connectivity index (χ3v) is 5.28. The van der Waals surface area contributed by atoms with Crippen molar-refractivity contribution >= 4 is 16.7 Å². The van der Waals surface area contributed by atoms with Crippen molar-refractivity contribution in [2.45, 2.75) is 27.2 Å². The zero-order valence-electron chi connectivity index (χ0n) is 20.4. The topological polar surface area (TPSA) is 66.9 Å². The number of fused-ring (bicyclic) bond motifs is 1. The fourth-order valence-corrected chi connectivity index (χ4v) is 3.58. The molecule has 0 aliphatic carbocycles. The van der Waals surface area contributed by atoms with Gasteiger partial charge in [0.05, 0.1) is 32.1 Å². The molecule has 0 fully saturated rings. The molecule has 6 heteroatoms. The van der Waals surface area contributed by atoms with Gasteiger partial charge >= 0.3 is 5.97 Å². The van der Waals surface area contributed by atoms with E-state index in [0.29, 0.717) is 35.5 Å². The predicted molar refractivity (Wildman–Crippen MR) is 134 cm³/mol. The van der Waals surface area contributed by atoms with E-state index >= 15 is 0 Å². The Kier molecular flexibility index (Phi) is 8.68. The van der Waals surface area contributed by atoms with Gasteiger partial charge in [-0.3, -0.25) is 4.98 Å². The van der Waals surface area contributed by atoms with Crippen LogP contribution in [0.4, 0.5) is 0 Å². The molecule has 0 saturated heterocycles. The van der Waals surface area contributed by atoms with Gasteiger partial charge in [-0.2, -0.15) is 0 Å². The van der Waals surface area contributed by atoms with Gasteiger partial charge in [-0.15, -0.1) is 0 Å². The fourth-order valence-electron chi connectivity index (χ4n) is 3.58. The first kappa shape index (κ1) is 24.8. The van der Waals surface area contributed by atoms with Gasteiger partial charge in [-0.25, -0.2) is 4.79 Å². The lowest BCUT2D eigenvalue weighted by Crippen LogP contribution is -2.08. The highest BCUT2D eigenvalue weighted by Crippen LogP contribution is 2.35. The Balaban J connectivity index is 1.97. The minimum Gasteiger partial charge on any atom is -0.493 e. The van der Waals surface area contributed by atoms with Gasteiger partial charge < -0.3 is 18.9 Å². The molecule has 178 valence electrons. The van der Waals surface area contributed by atoms with E-state index in [1.54, 1.807) is 33.4 Å². The van der Waals surface area contributed by atoms with Crippen LogP contribution in [0.25, 0.3) is 10.8 Å². The lowest BCUT2D eigenvalue weighted by Gasteiger charge is -2.14. The molecule has 3 aromatic rings. The SMILES string of the molecule is C/C=C\C=C(/C)COc1cccc(Cc2ncc(C(=O)OCC)c3cc(OC)c(OC)cc23)c1.